The van der Waals surface area contributed by atoms with Gasteiger partial charge in [-0.05, 0) is 24.6 Å². The van der Waals surface area contributed by atoms with Crippen LogP contribution in [0, 0.1) is 12.8 Å². The number of hydrogen-bond donors (Lipinski definition) is 0. The van der Waals surface area contributed by atoms with Gasteiger partial charge in [-0.15, -0.1) is 0 Å². The van der Waals surface area contributed by atoms with Crippen molar-refractivity contribution in [1.82, 2.24) is 9.88 Å². The summed E-state index contributed by atoms with van der Waals surface area (Å²) in [6.07, 6.45) is 0. The van der Waals surface area contributed by atoms with Crippen LogP contribution in [-0.4, -0.2) is 55.2 Å². The molecule has 6 heteroatoms. The Morgan fingerprint density at radius 1 is 1.32 bits per heavy atom. The van der Waals surface area contributed by atoms with Crippen LogP contribution in [0.2, 0.25) is 0 Å². The molecule has 4 rings (SSSR count). The number of amides is 1. The average Bonchev–Trinajstić information content (AvgIpc) is 2.89. The van der Waals surface area contributed by atoms with Crippen molar-refractivity contribution in [1.29, 1.82) is 0 Å². The van der Waals surface area contributed by atoms with Crippen molar-refractivity contribution in [2.24, 2.45) is 5.92 Å². The van der Waals surface area contributed by atoms with Gasteiger partial charge in [-0.1, -0.05) is 17.4 Å². The quantitative estimate of drug-likeness (QED) is 0.849. The van der Waals surface area contributed by atoms with Crippen LogP contribution < -0.4 is 4.90 Å². The van der Waals surface area contributed by atoms with Crippen LogP contribution in [0.15, 0.2) is 18.2 Å². The Hall–Kier alpha value is -1.66. The molecule has 0 unspecified atom stereocenters. The standard InChI is InChI=1S/C16H19N3O2S/c1-11-2-3-13-14(8-11)22-16(17-13)19-9-12(10-19)15(20)18-4-6-21-7-5-18/h2-3,8,12H,4-7,9-10H2,1H3. The number of carbonyl (C=O) groups excluding carboxylic acids is 1. The molecule has 1 aromatic heterocycles. The maximum Gasteiger partial charge on any atom is 0.229 e. The molecule has 2 fully saturated rings. The van der Waals surface area contributed by atoms with Gasteiger partial charge in [0.1, 0.15) is 0 Å². The monoisotopic (exact) mass is 317 g/mol. The van der Waals surface area contributed by atoms with Gasteiger partial charge >= 0.3 is 0 Å². The highest BCUT2D eigenvalue weighted by molar-refractivity contribution is 7.22. The predicted molar refractivity (Wildman–Crippen MR) is 87.5 cm³/mol. The second kappa shape index (κ2) is 5.52. The lowest BCUT2D eigenvalue weighted by molar-refractivity contribution is -0.140. The molecule has 2 saturated heterocycles. The van der Waals surface area contributed by atoms with Gasteiger partial charge in [0.2, 0.25) is 5.91 Å². The lowest BCUT2D eigenvalue weighted by atomic mass is 9.99. The van der Waals surface area contributed by atoms with Crippen LogP contribution in [0.25, 0.3) is 10.2 Å². The van der Waals surface area contributed by atoms with Crippen LogP contribution in [0.5, 0.6) is 0 Å². The van der Waals surface area contributed by atoms with Crippen molar-refractivity contribution < 1.29 is 9.53 Å². The van der Waals surface area contributed by atoms with Crippen LogP contribution in [0.1, 0.15) is 5.56 Å². The highest BCUT2D eigenvalue weighted by Crippen LogP contribution is 2.33. The normalized spacial score (nSPS) is 19.5. The molecule has 22 heavy (non-hydrogen) atoms. The molecule has 116 valence electrons. The molecule has 0 bridgehead atoms. The number of aryl methyl sites for hydroxylation is 1. The van der Waals surface area contributed by atoms with Gasteiger partial charge in [0.25, 0.3) is 0 Å². The summed E-state index contributed by atoms with van der Waals surface area (Å²) in [4.78, 5) is 21.2. The Morgan fingerprint density at radius 3 is 2.86 bits per heavy atom. The maximum atomic E-state index is 12.4. The minimum Gasteiger partial charge on any atom is -0.378 e. The first kappa shape index (κ1) is 14.0. The van der Waals surface area contributed by atoms with Crippen molar-refractivity contribution >= 4 is 32.6 Å². The third-order valence-electron chi connectivity index (χ3n) is 4.36. The number of morpholine rings is 1. The van der Waals surface area contributed by atoms with E-state index in [0.29, 0.717) is 13.2 Å². The fraction of sp³-hybridized carbons (Fsp3) is 0.500. The van der Waals surface area contributed by atoms with E-state index in [1.165, 1.54) is 10.3 Å². The molecule has 0 saturated carbocycles. The molecule has 2 aliphatic rings. The van der Waals surface area contributed by atoms with E-state index in [0.717, 1.165) is 36.8 Å². The molecule has 3 heterocycles. The smallest absolute Gasteiger partial charge is 0.229 e. The van der Waals surface area contributed by atoms with E-state index < -0.39 is 0 Å². The van der Waals surface area contributed by atoms with Gasteiger partial charge in [0.15, 0.2) is 5.13 Å². The lowest BCUT2D eigenvalue weighted by Crippen LogP contribution is -2.56. The van der Waals surface area contributed by atoms with E-state index in [9.17, 15) is 4.79 Å². The highest BCUT2D eigenvalue weighted by atomic mass is 32.1. The van der Waals surface area contributed by atoms with Gasteiger partial charge < -0.3 is 14.5 Å². The van der Waals surface area contributed by atoms with Crippen molar-refractivity contribution in [2.75, 3.05) is 44.3 Å². The van der Waals surface area contributed by atoms with E-state index >= 15 is 0 Å². The average molecular weight is 317 g/mol. The number of thiazole rings is 1. The first-order valence-electron chi connectivity index (χ1n) is 7.69. The first-order valence-corrected chi connectivity index (χ1v) is 8.51. The summed E-state index contributed by atoms with van der Waals surface area (Å²) in [5.74, 6) is 0.392. The first-order chi connectivity index (χ1) is 10.7. The molecule has 5 nitrogen and oxygen atoms in total. The Labute approximate surface area is 133 Å². The summed E-state index contributed by atoms with van der Waals surface area (Å²) in [6.45, 7) is 6.47. The van der Waals surface area contributed by atoms with Crippen LogP contribution in [0.3, 0.4) is 0 Å². The van der Waals surface area contributed by atoms with Gasteiger partial charge in [0, 0.05) is 26.2 Å². The van der Waals surface area contributed by atoms with Crippen LogP contribution in [0.4, 0.5) is 5.13 Å². The van der Waals surface area contributed by atoms with E-state index in [2.05, 4.69) is 35.0 Å². The van der Waals surface area contributed by atoms with Gasteiger partial charge in [-0.25, -0.2) is 4.98 Å². The zero-order valence-corrected chi connectivity index (χ0v) is 13.4. The Morgan fingerprint density at radius 2 is 2.09 bits per heavy atom. The van der Waals surface area contributed by atoms with E-state index in [-0.39, 0.29) is 11.8 Å². The molecule has 0 radical (unpaired) electrons. The third-order valence-corrected chi connectivity index (χ3v) is 5.44. The molecule has 0 spiro atoms. The number of ether oxygens (including phenoxy) is 1. The number of rotatable bonds is 2. The molecular formula is C16H19N3O2S. The van der Waals surface area contributed by atoms with Crippen LogP contribution in [-0.2, 0) is 9.53 Å². The van der Waals surface area contributed by atoms with Gasteiger partial charge in [0.05, 0.1) is 29.3 Å². The Bertz CT molecular complexity index is 702. The minimum atomic E-state index is 0.117. The van der Waals surface area contributed by atoms with Crippen molar-refractivity contribution in [3.8, 4) is 0 Å². The topological polar surface area (TPSA) is 45.7 Å². The molecule has 0 aliphatic carbocycles. The van der Waals surface area contributed by atoms with Crippen LogP contribution >= 0.6 is 11.3 Å². The predicted octanol–water partition coefficient (Wildman–Crippen LogP) is 1.90. The largest absolute Gasteiger partial charge is 0.378 e. The molecular weight excluding hydrogens is 298 g/mol. The highest BCUT2D eigenvalue weighted by Gasteiger charge is 2.37. The van der Waals surface area contributed by atoms with Gasteiger partial charge in [-0.2, -0.15) is 0 Å². The van der Waals surface area contributed by atoms with E-state index in [1.54, 1.807) is 11.3 Å². The number of anilines is 1. The SMILES string of the molecule is Cc1ccc2nc(N3CC(C(=O)N4CCOCC4)C3)sc2c1. The molecule has 0 atom stereocenters. The second-order valence-electron chi connectivity index (χ2n) is 6.01. The summed E-state index contributed by atoms with van der Waals surface area (Å²) in [5.41, 5.74) is 2.31. The molecule has 1 amide bonds. The minimum absolute atomic E-state index is 0.117. The molecule has 0 N–H and O–H groups in total. The zero-order valence-electron chi connectivity index (χ0n) is 12.6. The number of aromatic nitrogens is 1. The maximum absolute atomic E-state index is 12.4. The van der Waals surface area contributed by atoms with E-state index in [4.69, 9.17) is 4.74 Å². The number of nitrogens with zero attached hydrogens (tertiary/aromatic N) is 3. The Kier molecular flexibility index (Phi) is 3.50. The number of benzene rings is 1. The van der Waals surface area contributed by atoms with Crippen molar-refractivity contribution in [3.05, 3.63) is 23.8 Å². The lowest BCUT2D eigenvalue weighted by Gasteiger charge is -2.41. The second-order valence-corrected chi connectivity index (χ2v) is 7.02. The Balaban J connectivity index is 1.42. The number of fused-ring (bicyclic) bond motifs is 1. The fourth-order valence-electron chi connectivity index (χ4n) is 2.99. The fourth-order valence-corrected chi connectivity index (χ4v) is 4.07. The van der Waals surface area contributed by atoms with Gasteiger partial charge in [-0.3, -0.25) is 4.79 Å². The summed E-state index contributed by atoms with van der Waals surface area (Å²) >= 11 is 1.71. The summed E-state index contributed by atoms with van der Waals surface area (Å²) in [7, 11) is 0. The van der Waals surface area contributed by atoms with E-state index in [1.807, 2.05) is 4.90 Å². The number of carbonyl (C=O) groups is 1. The zero-order chi connectivity index (χ0) is 15.1. The summed E-state index contributed by atoms with van der Waals surface area (Å²) in [6, 6.07) is 6.33. The molecule has 1 aromatic carbocycles. The number of hydrogen-bond acceptors (Lipinski definition) is 5. The van der Waals surface area contributed by atoms with Crippen molar-refractivity contribution in [2.45, 2.75) is 6.92 Å². The molecule has 2 aliphatic heterocycles. The third kappa shape index (κ3) is 2.46. The molecule has 2 aromatic rings. The summed E-state index contributed by atoms with van der Waals surface area (Å²) < 4.78 is 6.52. The van der Waals surface area contributed by atoms with Crippen molar-refractivity contribution in [3.63, 3.8) is 0 Å². The summed E-state index contributed by atoms with van der Waals surface area (Å²) in [5, 5.41) is 1.03.